The van der Waals surface area contributed by atoms with Crippen molar-refractivity contribution in [3.63, 3.8) is 0 Å². The number of carbonyl (C=O) groups excluding carboxylic acids is 1. The molecule has 10 nitrogen and oxygen atoms in total. The highest BCUT2D eigenvalue weighted by molar-refractivity contribution is 6.03. The van der Waals surface area contributed by atoms with Crippen molar-refractivity contribution >= 4 is 34.0 Å². The van der Waals surface area contributed by atoms with Crippen molar-refractivity contribution in [2.45, 2.75) is 26.7 Å². The molecule has 0 spiro atoms. The van der Waals surface area contributed by atoms with Crippen LogP contribution in [0.25, 0.3) is 27.8 Å². The number of aromatic nitrogens is 5. The largest absolute Gasteiger partial charge is 0.490 e. The minimum atomic E-state index is -0.594. The second-order valence-corrected chi connectivity index (χ2v) is 9.04. The number of amides is 1. The van der Waals surface area contributed by atoms with E-state index in [1.165, 1.54) is 0 Å². The van der Waals surface area contributed by atoms with Crippen LogP contribution in [0.2, 0.25) is 0 Å². The summed E-state index contributed by atoms with van der Waals surface area (Å²) in [7, 11) is 1.79. The number of hydrogen-bond acceptors (Lipinski definition) is 8. The van der Waals surface area contributed by atoms with E-state index in [2.05, 4.69) is 36.8 Å². The van der Waals surface area contributed by atoms with E-state index in [1.807, 2.05) is 26.0 Å². The Morgan fingerprint density at radius 2 is 2.09 bits per heavy atom. The minimum absolute atomic E-state index is 0.00532. The van der Waals surface area contributed by atoms with E-state index in [0.717, 1.165) is 29.2 Å². The molecule has 4 aromatic rings. The minimum Gasteiger partial charge on any atom is -0.490 e. The maximum Gasteiger partial charge on any atom is 0.228 e. The van der Waals surface area contributed by atoms with Crippen LogP contribution in [0.4, 0.5) is 11.6 Å². The second kappa shape index (κ2) is 8.26. The molecule has 0 aromatic carbocycles. The summed E-state index contributed by atoms with van der Waals surface area (Å²) in [5.74, 6) is 2.31. The Labute approximate surface area is 196 Å². The van der Waals surface area contributed by atoms with Crippen molar-refractivity contribution in [1.29, 1.82) is 5.26 Å². The number of hydrogen-bond donors (Lipinski definition) is 2. The van der Waals surface area contributed by atoms with Crippen LogP contribution in [0.5, 0.6) is 5.75 Å². The average Bonchev–Trinajstić information content (AvgIpc) is 3.61. The Bertz CT molecular complexity index is 1450. The van der Waals surface area contributed by atoms with Gasteiger partial charge in [-0.3, -0.25) is 4.79 Å². The number of nitriles is 1. The molecule has 2 N–H and O–H groups in total. The van der Waals surface area contributed by atoms with E-state index in [-0.39, 0.29) is 18.4 Å². The van der Waals surface area contributed by atoms with Crippen LogP contribution in [0, 0.1) is 22.7 Å². The lowest BCUT2D eigenvalue weighted by Gasteiger charge is -2.15. The van der Waals surface area contributed by atoms with Crippen LogP contribution in [0.15, 0.2) is 36.8 Å². The van der Waals surface area contributed by atoms with Crippen molar-refractivity contribution in [2.24, 2.45) is 11.3 Å². The summed E-state index contributed by atoms with van der Waals surface area (Å²) in [5.41, 5.74) is 0.766. The van der Waals surface area contributed by atoms with E-state index in [4.69, 9.17) is 4.74 Å². The molecule has 1 fully saturated rings. The van der Waals surface area contributed by atoms with Crippen LogP contribution in [0.3, 0.4) is 0 Å². The number of ether oxygens (including phenoxy) is 1. The molecular weight excluding hydrogens is 432 g/mol. The number of carbonyl (C=O) groups is 1. The van der Waals surface area contributed by atoms with Gasteiger partial charge in [-0.25, -0.2) is 19.5 Å². The molecule has 1 aliphatic rings. The summed E-state index contributed by atoms with van der Waals surface area (Å²) in [6.07, 6.45) is 6.98. The molecule has 1 amide bonds. The van der Waals surface area contributed by atoms with Gasteiger partial charge in [-0.15, -0.1) is 5.10 Å². The first-order valence-corrected chi connectivity index (χ1v) is 11.0. The number of nitrogens with zero attached hydrogens (tertiary/aromatic N) is 6. The molecule has 172 valence electrons. The molecule has 0 atom stereocenters. The number of anilines is 2. The lowest BCUT2D eigenvalue weighted by molar-refractivity contribution is -0.117. The van der Waals surface area contributed by atoms with Gasteiger partial charge in [-0.05, 0) is 44.9 Å². The third-order valence-electron chi connectivity index (χ3n) is 5.66. The van der Waals surface area contributed by atoms with Gasteiger partial charge in [0.05, 0.1) is 17.7 Å². The molecular formula is C24H24N8O2. The van der Waals surface area contributed by atoms with E-state index in [1.54, 1.807) is 36.2 Å². The zero-order valence-electron chi connectivity index (χ0n) is 19.2. The topological polar surface area (TPSA) is 130 Å². The average molecular weight is 457 g/mol. The fourth-order valence-electron chi connectivity index (χ4n) is 3.51. The molecule has 1 aliphatic carbocycles. The Morgan fingerprint density at radius 1 is 1.26 bits per heavy atom. The van der Waals surface area contributed by atoms with E-state index in [0.29, 0.717) is 28.9 Å². The normalized spacial score (nSPS) is 13.6. The van der Waals surface area contributed by atoms with E-state index < -0.39 is 5.41 Å². The first-order valence-electron chi connectivity index (χ1n) is 11.0. The highest BCUT2D eigenvalue weighted by atomic mass is 16.5. The molecule has 4 heterocycles. The van der Waals surface area contributed by atoms with E-state index in [9.17, 15) is 10.1 Å². The summed E-state index contributed by atoms with van der Waals surface area (Å²) in [5, 5.41) is 21.4. The Balaban J connectivity index is 1.52. The molecule has 0 radical (unpaired) electrons. The van der Waals surface area contributed by atoms with Gasteiger partial charge in [0.25, 0.3) is 0 Å². The molecule has 0 saturated heterocycles. The quantitative estimate of drug-likeness (QED) is 0.431. The summed E-state index contributed by atoms with van der Waals surface area (Å²) < 4.78 is 7.42. The number of rotatable bonds is 7. The fourth-order valence-corrected chi connectivity index (χ4v) is 3.51. The molecule has 34 heavy (non-hydrogen) atoms. The highest BCUT2D eigenvalue weighted by Crippen LogP contribution is 2.33. The van der Waals surface area contributed by atoms with E-state index >= 15 is 0 Å². The standard InChI is InChI=1S/C24H24N8O2/c1-24(2,12-25)13-34-15-6-7-20-30-22(31-32(20)11-15)18-10-28-21(26-3)17-9-27-19(8-16(17)18)29-23(33)14-4-5-14/h6-11,14H,4-5,13H2,1-3H3,(H,26,28)(H,27,29,33). The van der Waals surface area contributed by atoms with Crippen molar-refractivity contribution in [3.8, 4) is 23.2 Å². The Kier molecular flexibility index (Phi) is 5.24. The van der Waals surface area contributed by atoms with Crippen LogP contribution in [-0.2, 0) is 4.79 Å². The lowest BCUT2D eigenvalue weighted by atomic mass is 9.98. The lowest BCUT2D eigenvalue weighted by Crippen LogP contribution is -2.19. The Hall–Kier alpha value is -4.26. The Morgan fingerprint density at radius 3 is 2.82 bits per heavy atom. The monoisotopic (exact) mass is 456 g/mol. The third-order valence-corrected chi connectivity index (χ3v) is 5.66. The van der Waals surface area contributed by atoms with Crippen LogP contribution >= 0.6 is 0 Å². The van der Waals surface area contributed by atoms with Gasteiger partial charge in [0.2, 0.25) is 5.91 Å². The predicted molar refractivity (Wildman–Crippen MR) is 127 cm³/mol. The molecule has 0 bridgehead atoms. The highest BCUT2D eigenvalue weighted by Gasteiger charge is 2.30. The number of pyridine rings is 3. The van der Waals surface area contributed by atoms with Crippen LogP contribution in [-0.4, -0.2) is 44.1 Å². The van der Waals surface area contributed by atoms with Crippen molar-refractivity contribution < 1.29 is 9.53 Å². The predicted octanol–water partition coefficient (Wildman–Crippen LogP) is 3.66. The molecule has 4 aromatic heterocycles. The molecule has 10 heteroatoms. The summed E-state index contributed by atoms with van der Waals surface area (Å²) in [6.45, 7) is 3.91. The van der Waals surface area contributed by atoms with Gasteiger partial charge < -0.3 is 15.4 Å². The zero-order valence-corrected chi connectivity index (χ0v) is 19.2. The smallest absolute Gasteiger partial charge is 0.228 e. The van der Waals surface area contributed by atoms with Gasteiger partial charge in [0.1, 0.15) is 24.0 Å². The van der Waals surface area contributed by atoms with Gasteiger partial charge in [-0.1, -0.05) is 0 Å². The summed E-state index contributed by atoms with van der Waals surface area (Å²) in [4.78, 5) is 25.8. The van der Waals surface area contributed by atoms with Gasteiger partial charge in [0, 0.05) is 41.7 Å². The third kappa shape index (κ3) is 4.20. The van der Waals surface area contributed by atoms with Crippen molar-refractivity contribution in [1.82, 2.24) is 24.6 Å². The van der Waals surface area contributed by atoms with Gasteiger partial charge >= 0.3 is 0 Å². The van der Waals surface area contributed by atoms with Gasteiger partial charge in [0.15, 0.2) is 11.5 Å². The van der Waals surface area contributed by atoms with Crippen molar-refractivity contribution in [3.05, 3.63) is 36.8 Å². The first kappa shape index (κ1) is 21.6. The molecule has 0 aliphatic heterocycles. The van der Waals surface area contributed by atoms with Crippen molar-refractivity contribution in [2.75, 3.05) is 24.3 Å². The molecule has 1 saturated carbocycles. The molecule has 5 rings (SSSR count). The number of nitrogens with one attached hydrogen (secondary N) is 2. The fraction of sp³-hybridized carbons (Fsp3) is 0.333. The zero-order chi connectivity index (χ0) is 23.9. The van der Waals surface area contributed by atoms with Crippen LogP contribution < -0.4 is 15.4 Å². The number of fused-ring (bicyclic) bond motifs is 2. The second-order valence-electron chi connectivity index (χ2n) is 9.04. The summed E-state index contributed by atoms with van der Waals surface area (Å²) >= 11 is 0. The van der Waals surface area contributed by atoms with Gasteiger partial charge in [-0.2, -0.15) is 5.26 Å². The molecule has 0 unspecified atom stereocenters. The summed E-state index contributed by atoms with van der Waals surface area (Å²) in [6, 6.07) is 7.67. The SMILES string of the molecule is CNc1ncc(-c2nc3ccc(OCC(C)(C)C#N)cn3n2)c2cc(NC(=O)C3CC3)ncc12. The maximum atomic E-state index is 12.2. The van der Waals surface area contributed by atoms with Crippen LogP contribution in [0.1, 0.15) is 26.7 Å². The maximum absolute atomic E-state index is 12.2. The first-order chi connectivity index (χ1) is 16.4.